The Hall–Kier alpha value is -0.130. The molecular weight excluding hydrogens is 224 g/mol. The molecule has 1 aliphatic carbocycles. The van der Waals surface area contributed by atoms with E-state index < -0.39 is 9.84 Å². The van der Waals surface area contributed by atoms with Crippen molar-refractivity contribution in [3.8, 4) is 0 Å². The van der Waals surface area contributed by atoms with Gasteiger partial charge in [0.05, 0.1) is 11.0 Å². The Balaban J connectivity index is 2.00. The van der Waals surface area contributed by atoms with Crippen molar-refractivity contribution in [2.24, 2.45) is 11.8 Å². The quantitative estimate of drug-likeness (QED) is 0.573. The van der Waals surface area contributed by atoms with Gasteiger partial charge in [0.15, 0.2) is 9.84 Å². The summed E-state index contributed by atoms with van der Waals surface area (Å²) in [6, 6.07) is -0.0319. The molecule has 1 aliphatic heterocycles. The van der Waals surface area contributed by atoms with Gasteiger partial charge in [-0.15, -0.1) is 0 Å². The van der Waals surface area contributed by atoms with Crippen LogP contribution in [0, 0.1) is 5.92 Å². The van der Waals surface area contributed by atoms with Crippen LogP contribution in [-0.4, -0.2) is 25.5 Å². The molecule has 0 aromatic heterocycles. The first kappa shape index (κ1) is 12.3. The van der Waals surface area contributed by atoms with E-state index in [4.69, 9.17) is 5.84 Å². The van der Waals surface area contributed by atoms with E-state index >= 15 is 0 Å². The van der Waals surface area contributed by atoms with Crippen LogP contribution in [0.2, 0.25) is 0 Å². The van der Waals surface area contributed by atoms with E-state index in [1.165, 1.54) is 19.3 Å². The normalized spacial score (nSPS) is 31.9. The van der Waals surface area contributed by atoms with E-state index in [0.29, 0.717) is 11.7 Å². The minimum atomic E-state index is -2.91. The Morgan fingerprint density at radius 3 is 2.44 bits per heavy atom. The molecule has 0 amide bonds. The summed E-state index contributed by atoms with van der Waals surface area (Å²) in [5.74, 6) is 6.58. The Morgan fingerprint density at radius 1 is 1.19 bits per heavy atom. The van der Waals surface area contributed by atoms with Crippen molar-refractivity contribution < 1.29 is 8.42 Å². The zero-order valence-corrected chi connectivity index (χ0v) is 10.5. The first-order valence-corrected chi connectivity index (χ1v) is 8.03. The number of sulfone groups is 1. The molecule has 4 nitrogen and oxygen atoms in total. The average Bonchev–Trinajstić information content (AvgIpc) is 2.18. The van der Waals surface area contributed by atoms with Gasteiger partial charge >= 0.3 is 0 Å². The van der Waals surface area contributed by atoms with E-state index in [1.807, 2.05) is 0 Å². The zero-order valence-electron chi connectivity index (χ0n) is 9.69. The van der Waals surface area contributed by atoms with E-state index in [2.05, 4.69) is 5.43 Å². The second-order valence-corrected chi connectivity index (χ2v) is 7.55. The van der Waals surface area contributed by atoms with Crippen LogP contribution >= 0.6 is 0 Å². The summed E-state index contributed by atoms with van der Waals surface area (Å²) in [5, 5.41) is -0.244. The van der Waals surface area contributed by atoms with Crippen molar-refractivity contribution in [2.75, 3.05) is 5.75 Å². The molecule has 2 rings (SSSR count). The van der Waals surface area contributed by atoms with E-state index in [1.54, 1.807) is 0 Å². The predicted molar refractivity (Wildman–Crippen MR) is 64.5 cm³/mol. The van der Waals surface area contributed by atoms with E-state index in [-0.39, 0.29) is 11.3 Å². The van der Waals surface area contributed by atoms with Crippen LogP contribution < -0.4 is 11.3 Å². The molecule has 0 aromatic rings. The first-order valence-electron chi connectivity index (χ1n) is 6.31. The lowest BCUT2D eigenvalue weighted by Gasteiger charge is -2.34. The fourth-order valence-corrected chi connectivity index (χ4v) is 4.97. The van der Waals surface area contributed by atoms with Crippen molar-refractivity contribution in [1.82, 2.24) is 5.43 Å². The zero-order chi connectivity index (χ0) is 11.6. The largest absolute Gasteiger partial charge is 0.271 e. The summed E-state index contributed by atoms with van der Waals surface area (Å²) in [6.45, 7) is 0. The number of hydrogen-bond acceptors (Lipinski definition) is 4. The van der Waals surface area contributed by atoms with Crippen LogP contribution in [0.4, 0.5) is 0 Å². The molecule has 0 aromatic carbocycles. The summed E-state index contributed by atoms with van der Waals surface area (Å²) in [6.07, 6.45) is 7.33. The van der Waals surface area contributed by atoms with Crippen LogP contribution in [0.1, 0.15) is 44.9 Å². The fourth-order valence-electron chi connectivity index (χ4n) is 2.85. The predicted octanol–water partition coefficient (Wildman–Crippen LogP) is 0.976. The van der Waals surface area contributed by atoms with Gasteiger partial charge < -0.3 is 0 Å². The molecule has 0 bridgehead atoms. The Kier molecular flexibility index (Phi) is 3.87. The summed E-state index contributed by atoms with van der Waals surface area (Å²) in [4.78, 5) is 0. The highest BCUT2D eigenvalue weighted by Gasteiger charge is 2.36. The molecule has 0 spiro atoms. The summed E-state index contributed by atoms with van der Waals surface area (Å²) in [5.41, 5.74) is 2.75. The minimum Gasteiger partial charge on any atom is -0.271 e. The molecule has 2 atom stereocenters. The lowest BCUT2D eigenvalue weighted by molar-refractivity contribution is 0.252. The summed E-state index contributed by atoms with van der Waals surface area (Å²) < 4.78 is 23.9. The SMILES string of the molecule is NNC(CC1CCC1)C1CCCCS1(=O)=O. The van der Waals surface area contributed by atoms with Gasteiger partial charge in [-0.05, 0) is 25.2 Å². The monoisotopic (exact) mass is 246 g/mol. The smallest absolute Gasteiger partial charge is 0.154 e. The molecule has 0 radical (unpaired) electrons. The maximum atomic E-state index is 12.0. The minimum absolute atomic E-state index is 0.0319. The van der Waals surface area contributed by atoms with E-state index in [0.717, 1.165) is 25.7 Å². The van der Waals surface area contributed by atoms with Crippen LogP contribution in [0.15, 0.2) is 0 Å². The lowest BCUT2D eigenvalue weighted by atomic mass is 9.80. The van der Waals surface area contributed by atoms with Crippen LogP contribution in [0.25, 0.3) is 0 Å². The molecule has 2 unspecified atom stereocenters. The maximum Gasteiger partial charge on any atom is 0.154 e. The molecule has 16 heavy (non-hydrogen) atoms. The van der Waals surface area contributed by atoms with Gasteiger partial charge in [-0.2, -0.15) is 0 Å². The molecule has 2 fully saturated rings. The highest BCUT2D eigenvalue weighted by Crippen LogP contribution is 2.33. The maximum absolute atomic E-state index is 12.0. The van der Waals surface area contributed by atoms with Gasteiger partial charge in [-0.25, -0.2) is 8.42 Å². The summed E-state index contributed by atoms with van der Waals surface area (Å²) in [7, 11) is -2.91. The molecule has 1 heterocycles. The number of nitrogens with two attached hydrogens (primary N) is 1. The third-order valence-electron chi connectivity index (χ3n) is 4.10. The second kappa shape index (κ2) is 5.02. The number of hydrogen-bond donors (Lipinski definition) is 2. The van der Waals surface area contributed by atoms with E-state index in [9.17, 15) is 8.42 Å². The standard InChI is InChI=1S/C11H22N2O2S/c12-13-10(8-9-4-3-5-9)11-6-1-2-7-16(11,14)15/h9-11,13H,1-8,12H2. The molecule has 5 heteroatoms. The Labute approximate surface area is 97.9 Å². The highest BCUT2D eigenvalue weighted by atomic mass is 32.2. The van der Waals surface area contributed by atoms with Gasteiger partial charge in [0, 0.05) is 6.04 Å². The first-order chi connectivity index (χ1) is 7.63. The van der Waals surface area contributed by atoms with Crippen molar-refractivity contribution in [1.29, 1.82) is 0 Å². The van der Waals surface area contributed by atoms with Gasteiger partial charge in [0.1, 0.15) is 0 Å². The van der Waals surface area contributed by atoms with Crippen molar-refractivity contribution in [3.05, 3.63) is 0 Å². The van der Waals surface area contributed by atoms with Gasteiger partial charge in [-0.1, -0.05) is 25.7 Å². The third-order valence-corrected chi connectivity index (χ3v) is 6.45. The fraction of sp³-hybridized carbons (Fsp3) is 1.00. The van der Waals surface area contributed by atoms with Crippen LogP contribution in [0.3, 0.4) is 0 Å². The third kappa shape index (κ3) is 2.57. The molecular formula is C11H22N2O2S. The van der Waals surface area contributed by atoms with Crippen LogP contribution in [-0.2, 0) is 9.84 Å². The average molecular weight is 246 g/mol. The van der Waals surface area contributed by atoms with Crippen molar-refractivity contribution in [2.45, 2.75) is 56.2 Å². The summed E-state index contributed by atoms with van der Waals surface area (Å²) >= 11 is 0. The van der Waals surface area contributed by atoms with Gasteiger partial charge in [0.25, 0.3) is 0 Å². The Bertz CT molecular complexity index is 325. The molecule has 3 N–H and O–H groups in total. The number of nitrogens with one attached hydrogen (secondary N) is 1. The highest BCUT2D eigenvalue weighted by molar-refractivity contribution is 7.92. The molecule has 94 valence electrons. The Morgan fingerprint density at radius 2 is 1.94 bits per heavy atom. The second-order valence-electron chi connectivity index (χ2n) is 5.21. The van der Waals surface area contributed by atoms with Crippen molar-refractivity contribution >= 4 is 9.84 Å². The van der Waals surface area contributed by atoms with Gasteiger partial charge in [0.2, 0.25) is 0 Å². The topological polar surface area (TPSA) is 72.2 Å². The lowest BCUT2D eigenvalue weighted by Crippen LogP contribution is -2.50. The molecule has 1 saturated carbocycles. The van der Waals surface area contributed by atoms with Crippen LogP contribution in [0.5, 0.6) is 0 Å². The number of hydrazine groups is 1. The van der Waals surface area contributed by atoms with Gasteiger partial charge in [-0.3, -0.25) is 11.3 Å². The van der Waals surface area contributed by atoms with Crippen molar-refractivity contribution in [3.63, 3.8) is 0 Å². The number of rotatable bonds is 4. The molecule has 2 aliphatic rings. The molecule has 1 saturated heterocycles.